The summed E-state index contributed by atoms with van der Waals surface area (Å²) in [6.07, 6.45) is 1.99. The van der Waals surface area contributed by atoms with Crippen LogP contribution in [0.2, 0.25) is 0 Å². The molecule has 0 spiro atoms. The van der Waals surface area contributed by atoms with Crippen molar-refractivity contribution in [3.05, 3.63) is 35.4 Å². The maximum absolute atomic E-state index is 11.6. The molecule has 4 nitrogen and oxygen atoms in total. The number of aryl methyl sites for hydroxylation is 2. The van der Waals surface area contributed by atoms with Gasteiger partial charge in [0.1, 0.15) is 6.54 Å². The molecule has 0 fully saturated rings. The molecule has 0 aliphatic carbocycles. The third-order valence-electron chi connectivity index (χ3n) is 2.86. The van der Waals surface area contributed by atoms with Gasteiger partial charge in [0.05, 0.1) is 0 Å². The summed E-state index contributed by atoms with van der Waals surface area (Å²) in [7, 11) is 1.51. The number of carboxylic acids is 1. The Kier molecular flexibility index (Phi) is 5.36. The predicted octanol–water partition coefficient (Wildman–Crippen LogP) is 1.72. The van der Waals surface area contributed by atoms with Crippen LogP contribution < -0.4 is 0 Å². The minimum atomic E-state index is -0.988. The van der Waals surface area contributed by atoms with E-state index in [0.717, 1.165) is 12.0 Å². The average Bonchev–Trinajstić information content (AvgIpc) is 2.35. The molecule has 0 heterocycles. The van der Waals surface area contributed by atoms with E-state index in [2.05, 4.69) is 19.1 Å². The molecule has 0 atom stereocenters. The lowest BCUT2D eigenvalue weighted by atomic mass is 10.1. The molecule has 1 rings (SSSR count). The van der Waals surface area contributed by atoms with E-state index >= 15 is 0 Å². The van der Waals surface area contributed by atoms with Crippen molar-refractivity contribution in [2.75, 3.05) is 13.6 Å². The largest absolute Gasteiger partial charge is 0.480 e. The number of aliphatic carboxylic acids is 1. The Balaban J connectivity index is 2.44. The summed E-state index contributed by atoms with van der Waals surface area (Å²) in [5.41, 5.74) is 2.37. The first-order valence-corrected chi connectivity index (χ1v) is 6.06. The Morgan fingerprint density at radius 3 is 2.22 bits per heavy atom. The predicted molar refractivity (Wildman–Crippen MR) is 69.4 cm³/mol. The van der Waals surface area contributed by atoms with Gasteiger partial charge in [-0.15, -0.1) is 0 Å². The van der Waals surface area contributed by atoms with E-state index in [1.165, 1.54) is 17.5 Å². The zero-order valence-electron chi connectivity index (χ0n) is 10.8. The molecule has 0 bridgehead atoms. The molecule has 0 aliphatic heterocycles. The number of hydrogen-bond acceptors (Lipinski definition) is 2. The minimum absolute atomic E-state index is 0.142. The van der Waals surface area contributed by atoms with Crippen LogP contribution in [0.3, 0.4) is 0 Å². The average molecular weight is 249 g/mol. The highest BCUT2D eigenvalue weighted by Gasteiger charge is 2.11. The maximum atomic E-state index is 11.6. The molecule has 1 aromatic rings. The van der Waals surface area contributed by atoms with E-state index in [-0.39, 0.29) is 12.5 Å². The summed E-state index contributed by atoms with van der Waals surface area (Å²) >= 11 is 0. The van der Waals surface area contributed by atoms with Crippen molar-refractivity contribution >= 4 is 11.9 Å². The number of carbonyl (C=O) groups is 2. The second kappa shape index (κ2) is 6.79. The summed E-state index contributed by atoms with van der Waals surface area (Å²) in [5, 5.41) is 8.58. The molecular weight excluding hydrogens is 230 g/mol. The van der Waals surface area contributed by atoms with E-state index in [1.807, 2.05) is 12.1 Å². The highest BCUT2D eigenvalue weighted by Crippen LogP contribution is 2.08. The Morgan fingerprint density at radius 2 is 1.72 bits per heavy atom. The lowest BCUT2D eigenvalue weighted by Crippen LogP contribution is -2.32. The molecule has 1 N–H and O–H groups in total. The quantitative estimate of drug-likeness (QED) is 0.835. The molecule has 1 amide bonds. The Morgan fingerprint density at radius 1 is 1.17 bits per heavy atom. The molecule has 0 unspecified atom stereocenters. The number of amides is 1. The van der Waals surface area contributed by atoms with Gasteiger partial charge in [-0.05, 0) is 24.0 Å². The first-order chi connectivity index (χ1) is 8.52. The summed E-state index contributed by atoms with van der Waals surface area (Å²) in [5.74, 6) is -1.13. The van der Waals surface area contributed by atoms with Gasteiger partial charge in [0.2, 0.25) is 5.91 Å². The molecule has 0 radical (unpaired) electrons. The molecule has 18 heavy (non-hydrogen) atoms. The fourth-order valence-corrected chi connectivity index (χ4v) is 1.67. The monoisotopic (exact) mass is 249 g/mol. The first kappa shape index (κ1) is 14.2. The highest BCUT2D eigenvalue weighted by atomic mass is 16.4. The van der Waals surface area contributed by atoms with Gasteiger partial charge in [-0.25, -0.2) is 0 Å². The van der Waals surface area contributed by atoms with E-state index in [9.17, 15) is 9.59 Å². The van der Waals surface area contributed by atoms with Crippen molar-refractivity contribution in [2.45, 2.75) is 26.2 Å². The van der Waals surface area contributed by atoms with Gasteiger partial charge in [0.25, 0.3) is 0 Å². The van der Waals surface area contributed by atoms with Crippen molar-refractivity contribution < 1.29 is 14.7 Å². The van der Waals surface area contributed by atoms with Crippen LogP contribution in [0.15, 0.2) is 24.3 Å². The highest BCUT2D eigenvalue weighted by molar-refractivity contribution is 5.81. The molecule has 4 heteroatoms. The normalized spacial score (nSPS) is 10.1. The zero-order valence-corrected chi connectivity index (χ0v) is 10.8. The van der Waals surface area contributed by atoms with Crippen LogP contribution in [-0.4, -0.2) is 35.5 Å². The van der Waals surface area contributed by atoms with E-state index < -0.39 is 5.97 Å². The fraction of sp³-hybridized carbons (Fsp3) is 0.429. The van der Waals surface area contributed by atoms with Gasteiger partial charge in [0, 0.05) is 13.5 Å². The summed E-state index contributed by atoms with van der Waals surface area (Å²) < 4.78 is 0. The Labute approximate surface area is 107 Å². The summed E-state index contributed by atoms with van der Waals surface area (Å²) in [4.78, 5) is 23.3. The Bertz CT molecular complexity index is 412. The molecule has 1 aromatic carbocycles. The molecule has 0 aromatic heterocycles. The van der Waals surface area contributed by atoms with E-state index in [0.29, 0.717) is 12.8 Å². The fourth-order valence-electron chi connectivity index (χ4n) is 1.67. The van der Waals surface area contributed by atoms with Gasteiger partial charge in [-0.2, -0.15) is 0 Å². The van der Waals surface area contributed by atoms with Gasteiger partial charge in [0.15, 0.2) is 0 Å². The number of rotatable bonds is 6. The number of carbonyl (C=O) groups excluding carboxylic acids is 1. The third kappa shape index (κ3) is 4.57. The molecule has 0 saturated carbocycles. The number of benzene rings is 1. The minimum Gasteiger partial charge on any atom is -0.480 e. The van der Waals surface area contributed by atoms with Crippen LogP contribution in [0, 0.1) is 0 Å². The van der Waals surface area contributed by atoms with E-state index in [4.69, 9.17) is 5.11 Å². The second-order valence-electron chi connectivity index (χ2n) is 4.31. The summed E-state index contributed by atoms with van der Waals surface area (Å²) in [6.45, 7) is 1.85. The van der Waals surface area contributed by atoms with Gasteiger partial charge in [-0.3, -0.25) is 9.59 Å². The van der Waals surface area contributed by atoms with Crippen LogP contribution in [-0.2, 0) is 22.4 Å². The van der Waals surface area contributed by atoms with Gasteiger partial charge < -0.3 is 10.0 Å². The van der Waals surface area contributed by atoms with Crippen molar-refractivity contribution in [1.29, 1.82) is 0 Å². The number of likely N-dealkylation sites (N-methyl/N-ethyl adjacent to an activating group) is 1. The smallest absolute Gasteiger partial charge is 0.323 e. The van der Waals surface area contributed by atoms with Crippen molar-refractivity contribution in [3.8, 4) is 0 Å². The topological polar surface area (TPSA) is 57.6 Å². The standard InChI is InChI=1S/C14H19NO3/c1-3-11-4-6-12(7-5-11)8-9-13(16)15(2)10-14(17)18/h4-7H,3,8-10H2,1-2H3,(H,17,18). The Hall–Kier alpha value is -1.84. The third-order valence-corrected chi connectivity index (χ3v) is 2.86. The molecule has 0 saturated heterocycles. The van der Waals surface area contributed by atoms with Crippen LogP contribution in [0.5, 0.6) is 0 Å². The van der Waals surface area contributed by atoms with Gasteiger partial charge >= 0.3 is 5.97 Å². The van der Waals surface area contributed by atoms with Crippen LogP contribution in [0.4, 0.5) is 0 Å². The van der Waals surface area contributed by atoms with Crippen LogP contribution >= 0.6 is 0 Å². The maximum Gasteiger partial charge on any atom is 0.323 e. The van der Waals surface area contributed by atoms with Crippen LogP contribution in [0.25, 0.3) is 0 Å². The number of nitrogens with zero attached hydrogens (tertiary/aromatic N) is 1. The van der Waals surface area contributed by atoms with E-state index in [1.54, 1.807) is 0 Å². The molecular formula is C14H19NO3. The summed E-state index contributed by atoms with van der Waals surface area (Å²) in [6, 6.07) is 8.15. The first-order valence-electron chi connectivity index (χ1n) is 6.06. The van der Waals surface area contributed by atoms with Gasteiger partial charge in [-0.1, -0.05) is 31.2 Å². The lowest BCUT2D eigenvalue weighted by molar-refractivity contribution is -0.143. The molecule has 98 valence electrons. The van der Waals surface area contributed by atoms with Crippen molar-refractivity contribution in [3.63, 3.8) is 0 Å². The number of hydrogen-bond donors (Lipinski definition) is 1. The lowest BCUT2D eigenvalue weighted by Gasteiger charge is -2.14. The van der Waals surface area contributed by atoms with Crippen molar-refractivity contribution in [2.24, 2.45) is 0 Å². The zero-order chi connectivity index (χ0) is 13.5. The molecule has 0 aliphatic rings. The second-order valence-corrected chi connectivity index (χ2v) is 4.31. The SMILES string of the molecule is CCc1ccc(CCC(=O)N(C)CC(=O)O)cc1. The van der Waals surface area contributed by atoms with Crippen molar-refractivity contribution in [1.82, 2.24) is 4.90 Å². The van der Waals surface area contributed by atoms with Crippen LogP contribution in [0.1, 0.15) is 24.5 Å². The number of carboxylic acid groups (broad SMARTS) is 1.